The van der Waals surface area contributed by atoms with Crippen molar-refractivity contribution in [1.82, 2.24) is 9.97 Å². The van der Waals surface area contributed by atoms with Crippen LogP contribution in [0.2, 0.25) is 5.02 Å². The molecule has 1 aromatic carbocycles. The summed E-state index contributed by atoms with van der Waals surface area (Å²) >= 11 is 5.96. The maximum Gasteiger partial charge on any atom is 0.343 e. The second-order valence-electron chi connectivity index (χ2n) is 6.20. The van der Waals surface area contributed by atoms with Gasteiger partial charge >= 0.3 is 5.97 Å². The first-order chi connectivity index (χ1) is 12.1. The Morgan fingerprint density at radius 1 is 1.32 bits per heavy atom. The molecule has 0 bridgehead atoms. The van der Waals surface area contributed by atoms with Gasteiger partial charge < -0.3 is 9.64 Å². The Kier molecular flexibility index (Phi) is 5.53. The lowest BCUT2D eigenvalue weighted by molar-refractivity contribution is 0.0526. The molecule has 0 aliphatic carbocycles. The van der Waals surface area contributed by atoms with E-state index >= 15 is 0 Å². The van der Waals surface area contributed by atoms with Crippen molar-refractivity contribution in [2.75, 3.05) is 18.1 Å². The Morgan fingerprint density at radius 2 is 2.08 bits per heavy atom. The highest BCUT2D eigenvalue weighted by Crippen LogP contribution is 2.29. The average Bonchev–Trinajstić information content (AvgIpc) is 2.62. The number of ether oxygens (including phenoxy) is 1. The second-order valence-corrected chi connectivity index (χ2v) is 6.63. The number of rotatable bonds is 4. The van der Waals surface area contributed by atoms with Crippen LogP contribution < -0.4 is 4.90 Å². The maximum atomic E-state index is 12.4. The molecule has 1 fully saturated rings. The van der Waals surface area contributed by atoms with Gasteiger partial charge in [0, 0.05) is 29.4 Å². The third kappa shape index (κ3) is 3.93. The van der Waals surface area contributed by atoms with Gasteiger partial charge in [-0.25, -0.2) is 14.8 Å². The zero-order chi connectivity index (χ0) is 17.8. The van der Waals surface area contributed by atoms with Crippen LogP contribution in [0, 0.1) is 0 Å². The minimum absolute atomic E-state index is 0.326. The summed E-state index contributed by atoms with van der Waals surface area (Å²) in [6.07, 6.45) is 4.95. The fourth-order valence-electron chi connectivity index (χ4n) is 3.10. The van der Waals surface area contributed by atoms with Gasteiger partial charge in [0.2, 0.25) is 0 Å². The van der Waals surface area contributed by atoms with E-state index in [0.29, 0.717) is 34.9 Å². The molecule has 1 aliphatic rings. The molecule has 1 aromatic heterocycles. The Bertz CT molecular complexity index is 749. The molecule has 6 heteroatoms. The highest BCUT2D eigenvalue weighted by Gasteiger charge is 2.26. The SMILES string of the molecule is CCOC(=O)c1cnc(-c2ccc(Cl)cc2)nc1N1CCCCC1C. The van der Waals surface area contributed by atoms with Crippen molar-refractivity contribution < 1.29 is 9.53 Å². The van der Waals surface area contributed by atoms with Crippen molar-refractivity contribution in [2.45, 2.75) is 39.2 Å². The number of nitrogens with zero attached hydrogens (tertiary/aromatic N) is 3. The largest absolute Gasteiger partial charge is 0.462 e. The fraction of sp³-hybridized carbons (Fsp3) is 0.421. The van der Waals surface area contributed by atoms with Crippen molar-refractivity contribution in [3.8, 4) is 11.4 Å². The highest BCUT2D eigenvalue weighted by atomic mass is 35.5. The first-order valence-corrected chi connectivity index (χ1v) is 9.04. The van der Waals surface area contributed by atoms with E-state index in [1.54, 1.807) is 13.1 Å². The van der Waals surface area contributed by atoms with Gasteiger partial charge in [-0.3, -0.25) is 0 Å². The summed E-state index contributed by atoms with van der Waals surface area (Å²) in [5, 5.41) is 0.664. The summed E-state index contributed by atoms with van der Waals surface area (Å²) < 4.78 is 5.19. The van der Waals surface area contributed by atoms with Gasteiger partial charge in [-0.15, -0.1) is 0 Å². The van der Waals surface area contributed by atoms with Crippen LogP contribution in [0.3, 0.4) is 0 Å². The smallest absolute Gasteiger partial charge is 0.343 e. The molecule has 0 radical (unpaired) electrons. The summed E-state index contributed by atoms with van der Waals surface area (Å²) in [6, 6.07) is 7.71. The molecule has 1 saturated heterocycles. The third-order valence-electron chi connectivity index (χ3n) is 4.44. The zero-order valence-electron chi connectivity index (χ0n) is 14.5. The minimum atomic E-state index is -0.377. The molecule has 1 aliphatic heterocycles. The fourth-order valence-corrected chi connectivity index (χ4v) is 3.22. The predicted octanol–water partition coefficient (Wildman–Crippen LogP) is 4.35. The summed E-state index contributed by atoms with van der Waals surface area (Å²) in [5.41, 5.74) is 1.29. The molecule has 1 unspecified atom stereocenters. The van der Waals surface area contributed by atoms with Crippen molar-refractivity contribution >= 4 is 23.4 Å². The van der Waals surface area contributed by atoms with E-state index in [9.17, 15) is 4.79 Å². The molecule has 0 amide bonds. The lowest BCUT2D eigenvalue weighted by atomic mass is 10.0. The number of carbonyl (C=O) groups is 1. The van der Waals surface area contributed by atoms with E-state index in [2.05, 4.69) is 16.8 Å². The van der Waals surface area contributed by atoms with Gasteiger partial charge in [0.15, 0.2) is 5.82 Å². The van der Waals surface area contributed by atoms with Gasteiger partial charge in [0.1, 0.15) is 11.4 Å². The topological polar surface area (TPSA) is 55.3 Å². The van der Waals surface area contributed by atoms with Gasteiger partial charge in [0.05, 0.1) is 6.61 Å². The minimum Gasteiger partial charge on any atom is -0.462 e. The monoisotopic (exact) mass is 359 g/mol. The number of piperidine rings is 1. The van der Waals surface area contributed by atoms with Crippen LogP contribution >= 0.6 is 11.6 Å². The Labute approximate surface area is 153 Å². The number of aromatic nitrogens is 2. The number of benzene rings is 1. The summed E-state index contributed by atoms with van der Waals surface area (Å²) in [7, 11) is 0. The number of halogens is 1. The number of esters is 1. The quantitative estimate of drug-likeness (QED) is 0.759. The molecule has 0 spiro atoms. The first kappa shape index (κ1) is 17.7. The van der Waals surface area contributed by atoms with E-state index in [4.69, 9.17) is 21.3 Å². The molecular formula is C19H22ClN3O2. The Balaban J connectivity index is 2.04. The lowest BCUT2D eigenvalue weighted by Gasteiger charge is -2.35. The van der Waals surface area contributed by atoms with Crippen LogP contribution in [-0.2, 0) is 4.74 Å². The van der Waals surface area contributed by atoms with Crippen molar-refractivity contribution in [2.24, 2.45) is 0 Å². The number of hydrogen-bond donors (Lipinski definition) is 0. The highest BCUT2D eigenvalue weighted by molar-refractivity contribution is 6.30. The molecule has 1 atom stereocenters. The number of carbonyl (C=O) groups excluding carboxylic acids is 1. The number of hydrogen-bond acceptors (Lipinski definition) is 5. The van der Waals surface area contributed by atoms with E-state index in [1.165, 1.54) is 6.42 Å². The standard InChI is InChI=1S/C19H22ClN3O2/c1-3-25-19(24)16-12-21-17(14-7-9-15(20)10-8-14)22-18(16)23-11-5-4-6-13(23)2/h7-10,12-13H,3-6,11H2,1-2H3. The van der Waals surface area contributed by atoms with Gasteiger partial charge in [-0.1, -0.05) is 11.6 Å². The molecule has 25 heavy (non-hydrogen) atoms. The van der Waals surface area contributed by atoms with Crippen molar-refractivity contribution in [1.29, 1.82) is 0 Å². The van der Waals surface area contributed by atoms with E-state index in [-0.39, 0.29) is 5.97 Å². The van der Waals surface area contributed by atoms with Gasteiger partial charge in [0.25, 0.3) is 0 Å². The average molecular weight is 360 g/mol. The zero-order valence-corrected chi connectivity index (χ0v) is 15.3. The Hall–Kier alpha value is -2.14. The van der Waals surface area contributed by atoms with Crippen molar-refractivity contribution in [3.63, 3.8) is 0 Å². The molecule has 2 aromatic rings. The predicted molar refractivity (Wildman–Crippen MR) is 99.1 cm³/mol. The molecule has 132 valence electrons. The molecule has 0 N–H and O–H groups in total. The Morgan fingerprint density at radius 3 is 2.76 bits per heavy atom. The van der Waals surface area contributed by atoms with Crippen molar-refractivity contribution in [3.05, 3.63) is 41.0 Å². The van der Waals surface area contributed by atoms with E-state index < -0.39 is 0 Å². The summed E-state index contributed by atoms with van der Waals surface area (Å²) in [5.74, 6) is 0.862. The number of anilines is 1. The maximum absolute atomic E-state index is 12.4. The van der Waals surface area contributed by atoms with E-state index in [1.807, 2.05) is 24.3 Å². The molecule has 0 saturated carbocycles. The van der Waals surface area contributed by atoms with Crippen LogP contribution in [0.15, 0.2) is 30.5 Å². The molecule has 3 rings (SSSR count). The third-order valence-corrected chi connectivity index (χ3v) is 4.69. The second kappa shape index (κ2) is 7.83. The van der Waals surface area contributed by atoms with Crippen LogP contribution in [0.5, 0.6) is 0 Å². The van der Waals surface area contributed by atoms with Crippen LogP contribution in [0.1, 0.15) is 43.5 Å². The summed E-state index contributed by atoms with van der Waals surface area (Å²) in [4.78, 5) is 23.7. The van der Waals surface area contributed by atoms with Crippen LogP contribution in [-0.4, -0.2) is 35.1 Å². The molecule has 5 nitrogen and oxygen atoms in total. The molecule has 2 heterocycles. The normalized spacial score (nSPS) is 17.4. The van der Waals surface area contributed by atoms with E-state index in [0.717, 1.165) is 24.9 Å². The lowest BCUT2D eigenvalue weighted by Crippen LogP contribution is -2.39. The van der Waals surface area contributed by atoms with Gasteiger partial charge in [-0.2, -0.15) is 0 Å². The van der Waals surface area contributed by atoms with Gasteiger partial charge in [-0.05, 0) is 57.4 Å². The summed E-state index contributed by atoms with van der Waals surface area (Å²) in [6.45, 7) is 5.17. The first-order valence-electron chi connectivity index (χ1n) is 8.67. The molecular weight excluding hydrogens is 338 g/mol. The van der Waals surface area contributed by atoms with Crippen LogP contribution in [0.4, 0.5) is 5.82 Å². The van der Waals surface area contributed by atoms with Crippen LogP contribution in [0.25, 0.3) is 11.4 Å².